The van der Waals surface area contributed by atoms with Crippen LogP contribution in [0.4, 0.5) is 18.9 Å². The van der Waals surface area contributed by atoms with E-state index in [0.29, 0.717) is 32.4 Å². The number of carbonyl (C=O) groups is 1. The van der Waals surface area contributed by atoms with E-state index in [2.05, 4.69) is 4.72 Å². The van der Waals surface area contributed by atoms with E-state index >= 15 is 0 Å². The molecule has 1 amide bonds. The third-order valence-electron chi connectivity index (χ3n) is 4.93. The van der Waals surface area contributed by atoms with Gasteiger partial charge in [-0.05, 0) is 30.3 Å². The van der Waals surface area contributed by atoms with E-state index in [1.165, 1.54) is 24.3 Å². The Kier molecular flexibility index (Phi) is 5.91. The minimum absolute atomic E-state index is 0.103. The lowest BCUT2D eigenvalue weighted by atomic mass is 10.2. The fraction of sp³-hybridized carbons (Fsp3) is 0.350. The Balaban J connectivity index is 1.49. The molecule has 1 atom stereocenters. The molecule has 0 aliphatic carbocycles. The number of alkyl halides is 3. The Hall–Kier alpha value is -2.99. The van der Waals surface area contributed by atoms with Crippen LogP contribution in [0.3, 0.4) is 0 Å². The van der Waals surface area contributed by atoms with Gasteiger partial charge in [-0.3, -0.25) is 9.52 Å². The molecule has 0 spiro atoms. The minimum atomic E-state index is -4.60. The van der Waals surface area contributed by atoms with Crippen molar-refractivity contribution in [2.75, 3.05) is 37.6 Å². The van der Waals surface area contributed by atoms with Crippen molar-refractivity contribution in [1.29, 1.82) is 0 Å². The molecule has 1 fully saturated rings. The standard InChI is InChI=1S/C20H19F3N2O6S/c21-20(22,23)13-2-1-3-14(10-13)24-32(27,28)15-4-5-16-17(11-15)30-12-18(31-16)19(26)25-6-8-29-9-7-25/h1-5,10-11,18,24H,6-9,12H2. The lowest BCUT2D eigenvalue weighted by Crippen LogP contribution is -2.50. The van der Waals surface area contributed by atoms with Gasteiger partial charge in [0.15, 0.2) is 11.5 Å². The lowest BCUT2D eigenvalue weighted by Gasteiger charge is -2.32. The quantitative estimate of drug-likeness (QED) is 0.735. The van der Waals surface area contributed by atoms with Gasteiger partial charge in [0.05, 0.1) is 23.7 Å². The van der Waals surface area contributed by atoms with Crippen molar-refractivity contribution in [2.24, 2.45) is 0 Å². The molecule has 12 heteroatoms. The van der Waals surface area contributed by atoms with E-state index < -0.39 is 27.9 Å². The van der Waals surface area contributed by atoms with Crippen LogP contribution in [-0.4, -0.2) is 58.2 Å². The van der Waals surface area contributed by atoms with Gasteiger partial charge < -0.3 is 19.1 Å². The van der Waals surface area contributed by atoms with Crippen LogP contribution in [0.25, 0.3) is 0 Å². The molecule has 1 saturated heterocycles. The predicted molar refractivity (Wildman–Crippen MR) is 106 cm³/mol. The molecule has 1 N–H and O–H groups in total. The maximum atomic E-state index is 12.9. The van der Waals surface area contributed by atoms with Gasteiger partial charge in [0.1, 0.15) is 6.61 Å². The number of benzene rings is 2. The van der Waals surface area contributed by atoms with Crippen molar-refractivity contribution in [3.63, 3.8) is 0 Å². The van der Waals surface area contributed by atoms with Crippen molar-refractivity contribution < 1.29 is 40.6 Å². The summed E-state index contributed by atoms with van der Waals surface area (Å²) in [5, 5.41) is 0. The number of amides is 1. The number of anilines is 1. The first-order chi connectivity index (χ1) is 15.1. The molecule has 2 aromatic carbocycles. The highest BCUT2D eigenvalue weighted by Crippen LogP contribution is 2.35. The number of hydrogen-bond acceptors (Lipinski definition) is 6. The Bertz CT molecular complexity index is 1120. The van der Waals surface area contributed by atoms with Crippen molar-refractivity contribution in [3.8, 4) is 11.5 Å². The summed E-state index contributed by atoms with van der Waals surface area (Å²) in [6.45, 7) is 1.67. The Morgan fingerprint density at radius 1 is 1.06 bits per heavy atom. The predicted octanol–water partition coefficient (Wildman–Crippen LogP) is 2.50. The van der Waals surface area contributed by atoms with Gasteiger partial charge in [-0.2, -0.15) is 13.2 Å². The zero-order valence-electron chi connectivity index (χ0n) is 16.6. The Labute approximate surface area is 181 Å². The molecule has 8 nitrogen and oxygen atoms in total. The molecule has 0 aromatic heterocycles. The molecule has 0 saturated carbocycles. The summed E-state index contributed by atoms with van der Waals surface area (Å²) in [7, 11) is -4.20. The maximum Gasteiger partial charge on any atom is 0.416 e. The van der Waals surface area contributed by atoms with E-state index in [9.17, 15) is 26.4 Å². The zero-order chi connectivity index (χ0) is 22.9. The number of halogens is 3. The highest BCUT2D eigenvalue weighted by Gasteiger charge is 2.33. The van der Waals surface area contributed by atoms with E-state index in [-0.39, 0.29) is 34.6 Å². The van der Waals surface area contributed by atoms with Crippen LogP contribution in [-0.2, 0) is 25.7 Å². The van der Waals surface area contributed by atoms with Crippen LogP contribution in [0, 0.1) is 0 Å². The number of hydrogen-bond donors (Lipinski definition) is 1. The molecule has 2 aliphatic heterocycles. The number of morpholine rings is 1. The first-order valence-corrected chi connectivity index (χ1v) is 11.1. The van der Waals surface area contributed by atoms with Gasteiger partial charge in [0, 0.05) is 24.8 Å². The fourth-order valence-electron chi connectivity index (χ4n) is 3.30. The number of nitrogens with one attached hydrogen (secondary N) is 1. The largest absolute Gasteiger partial charge is 0.485 e. The number of nitrogens with zero attached hydrogens (tertiary/aromatic N) is 1. The Morgan fingerprint density at radius 2 is 1.81 bits per heavy atom. The fourth-order valence-corrected chi connectivity index (χ4v) is 4.37. The smallest absolute Gasteiger partial charge is 0.416 e. The molecule has 0 radical (unpaired) electrons. The molecule has 32 heavy (non-hydrogen) atoms. The summed E-state index contributed by atoms with van der Waals surface area (Å²) in [5.41, 5.74) is -1.21. The van der Waals surface area contributed by atoms with Crippen LogP contribution < -0.4 is 14.2 Å². The summed E-state index contributed by atoms with van der Waals surface area (Å²) in [6, 6.07) is 7.63. The summed E-state index contributed by atoms with van der Waals surface area (Å²) >= 11 is 0. The van der Waals surface area contributed by atoms with E-state index in [1.54, 1.807) is 4.90 Å². The second-order valence-electron chi connectivity index (χ2n) is 7.15. The topological polar surface area (TPSA) is 94.2 Å². The highest BCUT2D eigenvalue weighted by atomic mass is 32.2. The third kappa shape index (κ3) is 4.75. The molecule has 4 rings (SSSR count). The van der Waals surface area contributed by atoms with Crippen LogP contribution in [0.2, 0.25) is 0 Å². The molecule has 0 bridgehead atoms. The van der Waals surface area contributed by atoms with Gasteiger partial charge >= 0.3 is 6.18 Å². The van der Waals surface area contributed by atoms with Crippen molar-refractivity contribution >= 4 is 21.6 Å². The van der Waals surface area contributed by atoms with E-state index in [1.807, 2.05) is 0 Å². The monoisotopic (exact) mass is 472 g/mol. The molecule has 2 aromatic rings. The van der Waals surface area contributed by atoms with Crippen LogP contribution in [0.15, 0.2) is 47.4 Å². The first-order valence-electron chi connectivity index (χ1n) is 9.64. The number of carbonyl (C=O) groups excluding carboxylic acids is 1. The number of fused-ring (bicyclic) bond motifs is 1. The number of ether oxygens (including phenoxy) is 3. The minimum Gasteiger partial charge on any atom is -0.485 e. The summed E-state index contributed by atoms with van der Waals surface area (Å²) in [4.78, 5) is 14.0. The van der Waals surface area contributed by atoms with Crippen molar-refractivity contribution in [3.05, 3.63) is 48.0 Å². The molecular weight excluding hydrogens is 453 g/mol. The normalized spacial score (nSPS) is 18.8. The van der Waals surface area contributed by atoms with Gasteiger partial charge in [0.25, 0.3) is 15.9 Å². The van der Waals surface area contributed by atoms with Crippen LogP contribution in [0.1, 0.15) is 5.56 Å². The van der Waals surface area contributed by atoms with Gasteiger partial charge in [-0.25, -0.2) is 8.42 Å². The van der Waals surface area contributed by atoms with Gasteiger partial charge in [-0.1, -0.05) is 6.07 Å². The van der Waals surface area contributed by atoms with Crippen LogP contribution in [0.5, 0.6) is 11.5 Å². The van der Waals surface area contributed by atoms with Crippen molar-refractivity contribution in [2.45, 2.75) is 17.2 Å². The third-order valence-corrected chi connectivity index (χ3v) is 6.30. The molecule has 2 aliphatic rings. The summed E-state index contributed by atoms with van der Waals surface area (Å²) in [5.74, 6) is 0.0608. The highest BCUT2D eigenvalue weighted by molar-refractivity contribution is 7.92. The molecule has 2 heterocycles. The number of sulfonamides is 1. The maximum absolute atomic E-state index is 12.9. The zero-order valence-corrected chi connectivity index (χ0v) is 17.4. The number of rotatable bonds is 4. The summed E-state index contributed by atoms with van der Waals surface area (Å²) < 4.78 is 82.6. The second kappa shape index (κ2) is 8.51. The average molecular weight is 472 g/mol. The van der Waals surface area contributed by atoms with Crippen molar-refractivity contribution in [1.82, 2.24) is 4.90 Å². The van der Waals surface area contributed by atoms with E-state index in [0.717, 1.165) is 12.1 Å². The molecular formula is C20H19F3N2O6S. The average Bonchev–Trinajstić information content (AvgIpc) is 2.78. The SMILES string of the molecule is O=C(C1COc2cc(S(=O)(=O)Nc3cccc(C(F)(F)F)c3)ccc2O1)N1CCOCC1. The Morgan fingerprint density at radius 3 is 2.53 bits per heavy atom. The second-order valence-corrected chi connectivity index (χ2v) is 8.83. The van der Waals surface area contributed by atoms with Gasteiger partial charge in [0.2, 0.25) is 6.10 Å². The lowest BCUT2D eigenvalue weighted by molar-refractivity contribution is -0.145. The molecule has 172 valence electrons. The molecule has 1 unspecified atom stereocenters. The summed E-state index contributed by atoms with van der Waals surface area (Å²) in [6.07, 6.45) is -5.47. The van der Waals surface area contributed by atoms with Crippen LogP contribution >= 0.6 is 0 Å². The van der Waals surface area contributed by atoms with E-state index in [4.69, 9.17) is 14.2 Å². The first kappa shape index (κ1) is 22.2. The van der Waals surface area contributed by atoms with Gasteiger partial charge in [-0.15, -0.1) is 0 Å².